The molecule has 3 N–H and O–H groups in total. The van der Waals surface area contributed by atoms with Gasteiger partial charge in [0.2, 0.25) is 5.91 Å². The molecule has 0 fully saturated rings. The van der Waals surface area contributed by atoms with Gasteiger partial charge in [0, 0.05) is 11.8 Å². The quantitative estimate of drug-likeness (QED) is 0.847. The van der Waals surface area contributed by atoms with E-state index >= 15 is 0 Å². The SMILES string of the molecule is Nc1ccc(=O)n(CC(=O)Nc2ccc(F)cc2)n1. The molecular weight excluding hydrogens is 251 g/mol. The summed E-state index contributed by atoms with van der Waals surface area (Å²) in [6.45, 7) is -0.263. The molecule has 2 rings (SSSR count). The molecule has 0 saturated carbocycles. The van der Waals surface area contributed by atoms with Crippen molar-refractivity contribution in [3.8, 4) is 0 Å². The van der Waals surface area contributed by atoms with Crippen LogP contribution in [0.15, 0.2) is 41.2 Å². The van der Waals surface area contributed by atoms with Crippen molar-refractivity contribution in [3.05, 3.63) is 52.6 Å². The molecule has 0 saturated heterocycles. The first kappa shape index (κ1) is 12.7. The summed E-state index contributed by atoms with van der Waals surface area (Å²) in [5.41, 5.74) is 5.43. The highest BCUT2D eigenvalue weighted by molar-refractivity contribution is 5.90. The highest BCUT2D eigenvalue weighted by Crippen LogP contribution is 2.07. The zero-order valence-corrected chi connectivity index (χ0v) is 9.84. The number of hydrogen-bond acceptors (Lipinski definition) is 4. The van der Waals surface area contributed by atoms with Crippen molar-refractivity contribution < 1.29 is 9.18 Å². The minimum absolute atomic E-state index is 0.147. The third-order valence-corrected chi connectivity index (χ3v) is 2.31. The van der Waals surface area contributed by atoms with Crippen LogP contribution in [-0.4, -0.2) is 15.7 Å². The van der Waals surface area contributed by atoms with E-state index < -0.39 is 17.3 Å². The second kappa shape index (κ2) is 5.30. The third-order valence-electron chi connectivity index (χ3n) is 2.31. The number of nitrogen functional groups attached to an aromatic ring is 1. The van der Waals surface area contributed by atoms with Gasteiger partial charge in [-0.05, 0) is 30.3 Å². The van der Waals surface area contributed by atoms with E-state index in [0.29, 0.717) is 5.69 Å². The van der Waals surface area contributed by atoms with Gasteiger partial charge in [0.25, 0.3) is 5.56 Å². The van der Waals surface area contributed by atoms with E-state index in [1.54, 1.807) is 0 Å². The molecule has 0 spiro atoms. The van der Waals surface area contributed by atoms with E-state index in [-0.39, 0.29) is 12.4 Å². The van der Waals surface area contributed by atoms with Crippen molar-refractivity contribution >= 4 is 17.4 Å². The normalized spacial score (nSPS) is 10.2. The first-order chi connectivity index (χ1) is 9.04. The maximum atomic E-state index is 12.7. The fraction of sp³-hybridized carbons (Fsp3) is 0.0833. The number of anilines is 2. The number of nitrogens with two attached hydrogens (primary N) is 1. The maximum absolute atomic E-state index is 12.7. The molecule has 1 aromatic carbocycles. The number of halogens is 1. The molecule has 0 unspecified atom stereocenters. The smallest absolute Gasteiger partial charge is 0.267 e. The van der Waals surface area contributed by atoms with E-state index in [1.165, 1.54) is 36.4 Å². The molecule has 1 aromatic heterocycles. The van der Waals surface area contributed by atoms with Gasteiger partial charge in [0.15, 0.2) is 0 Å². The molecule has 2 aromatic rings. The summed E-state index contributed by atoms with van der Waals surface area (Å²) >= 11 is 0. The molecule has 0 aliphatic carbocycles. The number of hydrogen-bond donors (Lipinski definition) is 2. The Morgan fingerprint density at radius 2 is 1.95 bits per heavy atom. The molecule has 0 bridgehead atoms. The maximum Gasteiger partial charge on any atom is 0.267 e. The zero-order chi connectivity index (χ0) is 13.8. The topological polar surface area (TPSA) is 90.0 Å². The Labute approximate surface area is 107 Å². The summed E-state index contributed by atoms with van der Waals surface area (Å²) in [5.74, 6) is -0.701. The molecule has 0 atom stereocenters. The van der Waals surface area contributed by atoms with Gasteiger partial charge in [-0.15, -0.1) is 0 Å². The molecule has 98 valence electrons. The van der Waals surface area contributed by atoms with E-state index in [4.69, 9.17) is 5.73 Å². The van der Waals surface area contributed by atoms with Gasteiger partial charge >= 0.3 is 0 Å². The van der Waals surface area contributed by atoms with Crippen LogP contribution in [0.3, 0.4) is 0 Å². The summed E-state index contributed by atoms with van der Waals surface area (Å²) in [4.78, 5) is 23.1. The van der Waals surface area contributed by atoms with Crippen molar-refractivity contribution in [2.75, 3.05) is 11.1 Å². The van der Waals surface area contributed by atoms with Crippen molar-refractivity contribution in [3.63, 3.8) is 0 Å². The number of amides is 1. The summed E-state index contributed by atoms with van der Waals surface area (Å²) < 4.78 is 13.6. The van der Waals surface area contributed by atoms with Crippen molar-refractivity contribution in [1.29, 1.82) is 0 Å². The van der Waals surface area contributed by atoms with Gasteiger partial charge in [-0.2, -0.15) is 5.10 Å². The Morgan fingerprint density at radius 1 is 1.26 bits per heavy atom. The Kier molecular flexibility index (Phi) is 3.56. The average Bonchev–Trinajstić information content (AvgIpc) is 2.37. The predicted molar refractivity (Wildman–Crippen MR) is 67.9 cm³/mol. The van der Waals surface area contributed by atoms with Crippen LogP contribution in [0.1, 0.15) is 0 Å². The fourth-order valence-corrected chi connectivity index (χ4v) is 1.45. The lowest BCUT2D eigenvalue weighted by Gasteiger charge is -2.06. The van der Waals surface area contributed by atoms with Crippen molar-refractivity contribution in [2.45, 2.75) is 6.54 Å². The van der Waals surface area contributed by atoms with E-state index in [0.717, 1.165) is 4.68 Å². The second-order valence-corrected chi connectivity index (χ2v) is 3.81. The summed E-state index contributed by atoms with van der Waals surface area (Å²) in [6, 6.07) is 7.87. The lowest BCUT2D eigenvalue weighted by Crippen LogP contribution is -2.29. The third kappa shape index (κ3) is 3.38. The molecule has 0 radical (unpaired) electrons. The van der Waals surface area contributed by atoms with Gasteiger partial charge in [-0.25, -0.2) is 9.07 Å². The molecule has 0 aliphatic heterocycles. The van der Waals surface area contributed by atoms with Crippen LogP contribution in [0.4, 0.5) is 15.9 Å². The predicted octanol–water partition coefficient (Wildman–Crippen LogP) is 0.603. The number of carbonyl (C=O) groups is 1. The van der Waals surface area contributed by atoms with Crippen LogP contribution in [0.2, 0.25) is 0 Å². The Hall–Kier alpha value is -2.70. The van der Waals surface area contributed by atoms with Crippen molar-refractivity contribution in [1.82, 2.24) is 9.78 Å². The van der Waals surface area contributed by atoms with Gasteiger partial charge in [-0.1, -0.05) is 0 Å². The van der Waals surface area contributed by atoms with Crippen LogP contribution in [0, 0.1) is 5.82 Å². The Balaban J connectivity index is 2.07. The first-order valence-corrected chi connectivity index (χ1v) is 5.43. The summed E-state index contributed by atoms with van der Waals surface area (Å²) in [6.07, 6.45) is 0. The van der Waals surface area contributed by atoms with Gasteiger partial charge in [-0.3, -0.25) is 9.59 Å². The number of aromatic nitrogens is 2. The van der Waals surface area contributed by atoms with Gasteiger partial charge < -0.3 is 11.1 Å². The van der Waals surface area contributed by atoms with Gasteiger partial charge in [0.1, 0.15) is 18.2 Å². The zero-order valence-electron chi connectivity index (χ0n) is 9.84. The van der Waals surface area contributed by atoms with Crippen LogP contribution in [0.25, 0.3) is 0 Å². The first-order valence-electron chi connectivity index (χ1n) is 5.43. The highest BCUT2D eigenvalue weighted by atomic mass is 19.1. The standard InChI is InChI=1S/C12H11FN4O2/c13-8-1-3-9(4-2-8)15-11(18)7-17-12(19)6-5-10(14)16-17/h1-6H,7H2,(H2,14,16)(H,15,18). The molecule has 0 aliphatic rings. The lowest BCUT2D eigenvalue weighted by atomic mass is 10.3. The minimum Gasteiger partial charge on any atom is -0.382 e. The number of rotatable bonds is 3. The molecule has 7 heteroatoms. The summed E-state index contributed by atoms with van der Waals surface area (Å²) in [5, 5.41) is 6.25. The van der Waals surface area contributed by atoms with Crippen molar-refractivity contribution in [2.24, 2.45) is 0 Å². The largest absolute Gasteiger partial charge is 0.382 e. The molecule has 1 heterocycles. The van der Waals surface area contributed by atoms with Crippen LogP contribution in [0.5, 0.6) is 0 Å². The molecular formula is C12H11FN4O2. The second-order valence-electron chi connectivity index (χ2n) is 3.81. The molecule has 19 heavy (non-hydrogen) atoms. The number of nitrogens with one attached hydrogen (secondary N) is 1. The van der Waals surface area contributed by atoms with E-state index in [9.17, 15) is 14.0 Å². The van der Waals surface area contributed by atoms with E-state index in [2.05, 4.69) is 10.4 Å². The number of benzene rings is 1. The molecule has 6 nitrogen and oxygen atoms in total. The van der Waals surface area contributed by atoms with Gasteiger partial charge in [0.05, 0.1) is 0 Å². The van der Waals surface area contributed by atoms with Crippen LogP contribution < -0.4 is 16.6 Å². The Morgan fingerprint density at radius 3 is 2.63 bits per heavy atom. The summed E-state index contributed by atoms with van der Waals surface area (Å²) in [7, 11) is 0. The van der Waals surface area contributed by atoms with E-state index in [1.807, 2.05) is 0 Å². The molecule has 1 amide bonds. The Bertz CT molecular complexity index is 652. The minimum atomic E-state index is -0.452. The van der Waals surface area contributed by atoms with Crippen LogP contribution >= 0.6 is 0 Å². The lowest BCUT2D eigenvalue weighted by molar-refractivity contribution is -0.117. The number of nitrogens with zero attached hydrogens (tertiary/aromatic N) is 2. The average molecular weight is 262 g/mol. The van der Waals surface area contributed by atoms with Crippen LogP contribution in [-0.2, 0) is 11.3 Å². The number of carbonyl (C=O) groups excluding carboxylic acids is 1. The monoisotopic (exact) mass is 262 g/mol. The fourth-order valence-electron chi connectivity index (χ4n) is 1.45. The highest BCUT2D eigenvalue weighted by Gasteiger charge is 2.06.